The number of ether oxygens (including phenoxy) is 2. The maximum absolute atomic E-state index is 12.4. The van der Waals surface area contributed by atoms with E-state index in [9.17, 15) is 9.59 Å². The summed E-state index contributed by atoms with van der Waals surface area (Å²) in [6.45, 7) is 6.79. The second-order valence-corrected chi connectivity index (χ2v) is 11.8. The molecule has 0 N–H and O–H groups in total. The van der Waals surface area contributed by atoms with E-state index in [1.165, 1.54) is 12.5 Å². The number of nitrogens with zero attached hydrogens (tertiary/aromatic N) is 1. The van der Waals surface area contributed by atoms with Crippen molar-refractivity contribution in [2.45, 2.75) is 77.6 Å². The Kier molecular flexibility index (Phi) is 5.17. The molecule has 4 aliphatic carbocycles. The van der Waals surface area contributed by atoms with Crippen LogP contribution < -0.4 is 0 Å². The van der Waals surface area contributed by atoms with Gasteiger partial charge in [-0.1, -0.05) is 61.0 Å². The first-order valence-corrected chi connectivity index (χ1v) is 13.1. The molecule has 35 heavy (non-hydrogen) atoms. The number of esters is 1. The number of fused-ring (bicyclic) bond motifs is 7. The first kappa shape index (κ1) is 22.8. The fraction of sp³-hybridized carbons (Fsp3) is 0.621. The second-order valence-electron chi connectivity index (χ2n) is 11.8. The zero-order chi connectivity index (χ0) is 24.4. The van der Waals surface area contributed by atoms with Crippen LogP contribution in [0.1, 0.15) is 71.3 Å². The lowest BCUT2D eigenvalue weighted by Gasteiger charge is -2.58. The Morgan fingerprint density at radius 2 is 1.94 bits per heavy atom. The quantitative estimate of drug-likeness (QED) is 0.329. The number of carbonyl (C=O) groups excluding carboxylic acids is 2. The van der Waals surface area contributed by atoms with Crippen molar-refractivity contribution >= 4 is 18.2 Å². The first-order chi connectivity index (χ1) is 16.8. The predicted molar refractivity (Wildman–Crippen MR) is 130 cm³/mol. The summed E-state index contributed by atoms with van der Waals surface area (Å²) in [5.41, 5.74) is 3.25. The van der Waals surface area contributed by atoms with Crippen molar-refractivity contribution in [3.8, 4) is 0 Å². The fourth-order valence-corrected chi connectivity index (χ4v) is 8.74. The fourth-order valence-electron chi connectivity index (χ4n) is 8.74. The third-order valence-electron chi connectivity index (χ3n) is 10.4. The molecule has 1 aromatic carbocycles. The van der Waals surface area contributed by atoms with Gasteiger partial charge in [0.1, 0.15) is 6.10 Å². The van der Waals surface area contributed by atoms with Gasteiger partial charge in [-0.15, -0.1) is 0 Å². The summed E-state index contributed by atoms with van der Waals surface area (Å²) in [7, 11) is 0. The smallest absolute Gasteiger partial charge is 0.306 e. The van der Waals surface area contributed by atoms with Gasteiger partial charge >= 0.3 is 5.97 Å². The van der Waals surface area contributed by atoms with Gasteiger partial charge in [0.05, 0.1) is 17.0 Å². The lowest BCUT2D eigenvalue weighted by Crippen LogP contribution is -2.57. The minimum absolute atomic E-state index is 0.00773. The van der Waals surface area contributed by atoms with Crippen LogP contribution in [0.15, 0.2) is 47.1 Å². The van der Waals surface area contributed by atoms with E-state index >= 15 is 0 Å². The zero-order valence-corrected chi connectivity index (χ0v) is 20.9. The van der Waals surface area contributed by atoms with Crippen LogP contribution in [0.4, 0.5) is 0 Å². The highest BCUT2D eigenvalue weighted by atomic mass is 16.8. The molecular formula is C29H35NO5. The van der Waals surface area contributed by atoms with Gasteiger partial charge in [-0.25, -0.2) is 0 Å². The Morgan fingerprint density at radius 1 is 1.14 bits per heavy atom. The number of hydrogen-bond acceptors (Lipinski definition) is 6. The molecule has 3 fully saturated rings. The third-order valence-corrected chi connectivity index (χ3v) is 10.4. The monoisotopic (exact) mass is 477 g/mol. The summed E-state index contributed by atoms with van der Waals surface area (Å²) in [5, 5.41) is 4.55. The Hall–Kier alpha value is -2.63. The van der Waals surface area contributed by atoms with E-state index in [1.807, 2.05) is 18.2 Å². The number of carbonyl (C=O) groups is 2. The third kappa shape index (κ3) is 3.10. The number of allylic oxidation sites excluding steroid dienone is 1. The summed E-state index contributed by atoms with van der Waals surface area (Å²) in [6.07, 6.45) is 9.22. The van der Waals surface area contributed by atoms with Crippen molar-refractivity contribution in [3.05, 3.63) is 47.5 Å². The molecule has 0 unspecified atom stereocenters. The summed E-state index contributed by atoms with van der Waals surface area (Å²) < 4.78 is 11.5. The van der Waals surface area contributed by atoms with Crippen LogP contribution in [0.2, 0.25) is 0 Å². The minimum atomic E-state index is -1.04. The van der Waals surface area contributed by atoms with E-state index in [-0.39, 0.29) is 28.8 Å². The van der Waals surface area contributed by atoms with Crippen molar-refractivity contribution in [1.29, 1.82) is 0 Å². The van der Waals surface area contributed by atoms with Crippen molar-refractivity contribution in [2.75, 3.05) is 0 Å². The van der Waals surface area contributed by atoms with Gasteiger partial charge in [0.15, 0.2) is 0 Å². The summed E-state index contributed by atoms with van der Waals surface area (Å²) in [4.78, 5) is 29.6. The van der Waals surface area contributed by atoms with Crippen LogP contribution in [0.25, 0.3) is 0 Å². The van der Waals surface area contributed by atoms with Gasteiger partial charge in [0.25, 0.3) is 12.3 Å². The molecule has 186 valence electrons. The summed E-state index contributed by atoms with van der Waals surface area (Å²) in [6, 6.07) is 10.2. The van der Waals surface area contributed by atoms with Gasteiger partial charge in [-0.3, -0.25) is 9.59 Å². The molecule has 0 aromatic heterocycles. The predicted octanol–water partition coefficient (Wildman–Crippen LogP) is 5.41. The van der Waals surface area contributed by atoms with Crippen LogP contribution in [0.5, 0.6) is 0 Å². The lowest BCUT2D eigenvalue weighted by molar-refractivity contribution is -0.286. The average Bonchev–Trinajstić information content (AvgIpc) is 3.31. The average molecular weight is 478 g/mol. The molecule has 1 heterocycles. The summed E-state index contributed by atoms with van der Waals surface area (Å²) >= 11 is 0. The molecule has 0 bridgehead atoms. The first-order valence-electron chi connectivity index (χ1n) is 13.1. The highest BCUT2D eigenvalue weighted by Crippen LogP contribution is 2.70. The Balaban J connectivity index is 1.36. The maximum Gasteiger partial charge on any atom is 0.306 e. The van der Waals surface area contributed by atoms with E-state index in [0.717, 1.165) is 56.2 Å². The minimum Gasteiger partial charge on any atom is -0.464 e. The van der Waals surface area contributed by atoms with E-state index in [1.54, 1.807) is 0 Å². The topological polar surface area (TPSA) is 74.2 Å². The lowest BCUT2D eigenvalue weighted by atomic mass is 9.47. The van der Waals surface area contributed by atoms with Gasteiger partial charge in [-0.05, 0) is 67.3 Å². The number of rotatable bonds is 4. The van der Waals surface area contributed by atoms with Gasteiger partial charge in [0.2, 0.25) is 0 Å². The largest absolute Gasteiger partial charge is 0.464 e. The van der Waals surface area contributed by atoms with Gasteiger partial charge < -0.3 is 14.3 Å². The molecule has 6 rings (SSSR count). The number of benzene rings is 1. The van der Waals surface area contributed by atoms with Crippen LogP contribution in [-0.2, 0) is 23.9 Å². The number of hydrogen-bond donors (Lipinski definition) is 0. The van der Waals surface area contributed by atoms with E-state index in [2.05, 4.69) is 37.2 Å². The van der Waals surface area contributed by atoms with E-state index in [0.29, 0.717) is 24.2 Å². The highest BCUT2D eigenvalue weighted by molar-refractivity contribution is 6.03. The Bertz CT molecular complexity index is 1100. The van der Waals surface area contributed by atoms with Crippen molar-refractivity contribution in [3.63, 3.8) is 0 Å². The van der Waals surface area contributed by atoms with E-state index in [4.69, 9.17) is 14.3 Å². The molecule has 6 nitrogen and oxygen atoms in total. The Labute approximate surface area is 207 Å². The van der Waals surface area contributed by atoms with Crippen molar-refractivity contribution in [1.82, 2.24) is 0 Å². The molecule has 1 aromatic rings. The molecule has 0 amide bonds. The number of oxime groups is 1. The molecule has 0 saturated heterocycles. The normalized spacial score (nSPS) is 43.3. The van der Waals surface area contributed by atoms with Crippen molar-refractivity contribution < 1.29 is 23.9 Å². The molecule has 0 radical (unpaired) electrons. The molecule has 0 spiro atoms. The second kappa shape index (κ2) is 7.94. The van der Waals surface area contributed by atoms with Gasteiger partial charge in [-0.2, -0.15) is 0 Å². The molecule has 8 atom stereocenters. The van der Waals surface area contributed by atoms with Crippen LogP contribution in [0, 0.1) is 34.5 Å². The van der Waals surface area contributed by atoms with Crippen molar-refractivity contribution in [2.24, 2.45) is 39.7 Å². The van der Waals surface area contributed by atoms with Crippen LogP contribution in [0.3, 0.4) is 0 Å². The highest BCUT2D eigenvalue weighted by Gasteiger charge is 2.74. The maximum atomic E-state index is 12.4. The summed E-state index contributed by atoms with van der Waals surface area (Å²) in [5.74, 6) is 0.0263. The molecule has 5 aliphatic rings. The SMILES string of the molecule is CC(=O)O[C@@]12ON=C(c3ccccc3)[C@@H]1C[C@H]1[C@@H]3CC=C4C[C@@H](OC=O)CC[C@]4(C)[C@H]3CC[C@@]12C. The van der Waals surface area contributed by atoms with Gasteiger partial charge in [0, 0.05) is 13.3 Å². The molecule has 6 heteroatoms. The van der Waals surface area contributed by atoms with Crippen LogP contribution >= 0.6 is 0 Å². The Morgan fingerprint density at radius 3 is 2.69 bits per heavy atom. The van der Waals surface area contributed by atoms with Crippen LogP contribution in [-0.4, -0.2) is 30.0 Å². The zero-order valence-electron chi connectivity index (χ0n) is 20.9. The molecule has 1 aliphatic heterocycles. The van der Waals surface area contributed by atoms with E-state index < -0.39 is 5.79 Å². The molecular weight excluding hydrogens is 442 g/mol. The molecule has 3 saturated carbocycles. The standard InChI is InChI=1S/C29H35NO5/c1-18(32)34-29-25(26(30-35-29)19-7-5-4-6-8-19)16-24-22-10-9-20-15-21(33-17-31)11-13-27(20,2)23(22)12-14-28(24,29)3/h4-9,17,21-25H,10-16H2,1-3H3/t21-,22+,23-,24-,25-,27-,28-,29+/m0/s1.